The first kappa shape index (κ1) is 19.7. The van der Waals surface area contributed by atoms with Crippen molar-refractivity contribution in [3.63, 3.8) is 0 Å². The quantitative estimate of drug-likeness (QED) is 0.357. The number of ether oxygens (including phenoxy) is 1. The van der Waals surface area contributed by atoms with Crippen molar-refractivity contribution in [1.29, 1.82) is 0 Å². The number of carbonyl (C=O) groups is 3. The van der Waals surface area contributed by atoms with Crippen LogP contribution in [0, 0.1) is 0 Å². The summed E-state index contributed by atoms with van der Waals surface area (Å²) in [6, 6.07) is 17.1. The number of methoxy groups -OCH3 is 1. The number of furan rings is 1. The van der Waals surface area contributed by atoms with E-state index in [1.54, 1.807) is 54.6 Å². The fourth-order valence-corrected chi connectivity index (χ4v) is 3.36. The van der Waals surface area contributed by atoms with E-state index in [1.165, 1.54) is 18.2 Å². The monoisotopic (exact) mass is 466 g/mol. The number of halogens is 1. The van der Waals surface area contributed by atoms with Crippen LogP contribution in [0.25, 0.3) is 17.4 Å². The predicted molar refractivity (Wildman–Crippen MR) is 113 cm³/mol. The zero-order valence-corrected chi connectivity index (χ0v) is 17.3. The van der Waals surface area contributed by atoms with E-state index in [0.717, 1.165) is 10.0 Å². The average molecular weight is 467 g/mol. The van der Waals surface area contributed by atoms with Gasteiger partial charge in [-0.05, 0) is 48.5 Å². The fraction of sp³-hybridized carbons (Fsp3) is 0.0455. The van der Waals surface area contributed by atoms with E-state index >= 15 is 0 Å². The highest BCUT2D eigenvalue weighted by Gasteiger charge is 2.34. The van der Waals surface area contributed by atoms with Crippen LogP contribution in [-0.2, 0) is 14.3 Å². The van der Waals surface area contributed by atoms with Crippen LogP contribution >= 0.6 is 15.9 Å². The van der Waals surface area contributed by atoms with Gasteiger partial charge in [-0.15, -0.1) is 0 Å². The summed E-state index contributed by atoms with van der Waals surface area (Å²) in [5.41, 5.74) is 4.22. The molecule has 0 spiro atoms. The first-order valence-corrected chi connectivity index (χ1v) is 9.67. The first-order chi connectivity index (χ1) is 14.5. The number of hydrogen-bond acceptors (Lipinski definition) is 5. The Kier molecular flexibility index (Phi) is 5.24. The van der Waals surface area contributed by atoms with Crippen LogP contribution in [-0.4, -0.2) is 24.9 Å². The summed E-state index contributed by atoms with van der Waals surface area (Å²) in [5, 5.41) is 1.19. The van der Waals surface area contributed by atoms with E-state index in [2.05, 4.69) is 26.1 Å². The molecule has 2 heterocycles. The van der Waals surface area contributed by atoms with Crippen LogP contribution in [0.1, 0.15) is 16.1 Å². The van der Waals surface area contributed by atoms with Gasteiger partial charge < -0.3 is 9.15 Å². The molecule has 7 nitrogen and oxygen atoms in total. The Hall–Kier alpha value is -3.65. The molecule has 150 valence electrons. The van der Waals surface area contributed by atoms with Gasteiger partial charge in [0.05, 0.1) is 18.4 Å². The van der Waals surface area contributed by atoms with Crippen molar-refractivity contribution >= 4 is 45.5 Å². The van der Waals surface area contributed by atoms with E-state index < -0.39 is 17.8 Å². The van der Waals surface area contributed by atoms with Crippen molar-refractivity contribution < 1.29 is 23.5 Å². The Morgan fingerprint density at radius 2 is 1.87 bits per heavy atom. The van der Waals surface area contributed by atoms with Crippen LogP contribution in [0.3, 0.4) is 0 Å². The molecule has 1 N–H and O–H groups in total. The van der Waals surface area contributed by atoms with Crippen molar-refractivity contribution in [2.75, 3.05) is 12.1 Å². The standard InChI is InChI=1S/C22H15BrN2O5/c1-29-22(28)14-7-5-13(6-8-14)19-10-9-17(30-19)12-18-20(26)24-25(21(18)27)16-4-2-3-15(23)11-16/h2-12H,1H3,(H,24,26)/b18-12+. The molecular formula is C22H15BrN2O5. The molecule has 4 rings (SSSR count). The topological polar surface area (TPSA) is 88.9 Å². The second-order valence-corrected chi connectivity index (χ2v) is 7.31. The predicted octanol–water partition coefficient (Wildman–Crippen LogP) is 3.96. The number of hydrogen-bond donors (Lipinski definition) is 1. The van der Waals surface area contributed by atoms with E-state index in [0.29, 0.717) is 22.8 Å². The molecule has 8 heteroatoms. The van der Waals surface area contributed by atoms with Crippen molar-refractivity contribution in [1.82, 2.24) is 5.43 Å². The SMILES string of the molecule is COC(=O)c1ccc(-c2ccc(/C=C3\C(=O)NN(c4cccc(Br)c4)C3=O)o2)cc1. The lowest BCUT2D eigenvalue weighted by Gasteiger charge is -2.14. The molecule has 1 aliphatic heterocycles. The van der Waals surface area contributed by atoms with Gasteiger partial charge in [0.25, 0.3) is 11.8 Å². The van der Waals surface area contributed by atoms with Crippen molar-refractivity contribution in [2.45, 2.75) is 0 Å². The maximum Gasteiger partial charge on any atom is 0.337 e. The third kappa shape index (κ3) is 3.77. The summed E-state index contributed by atoms with van der Waals surface area (Å²) >= 11 is 3.35. The highest BCUT2D eigenvalue weighted by Crippen LogP contribution is 2.27. The van der Waals surface area contributed by atoms with E-state index in [9.17, 15) is 14.4 Å². The zero-order chi connectivity index (χ0) is 21.3. The van der Waals surface area contributed by atoms with Gasteiger partial charge in [0.15, 0.2) is 0 Å². The molecule has 0 saturated carbocycles. The summed E-state index contributed by atoms with van der Waals surface area (Å²) in [6.45, 7) is 0. The van der Waals surface area contributed by atoms with Crippen LogP contribution < -0.4 is 10.4 Å². The molecule has 0 unspecified atom stereocenters. The average Bonchev–Trinajstić information content (AvgIpc) is 3.33. The molecule has 0 radical (unpaired) electrons. The number of nitrogens with one attached hydrogen (secondary N) is 1. The second kappa shape index (κ2) is 8.00. The van der Waals surface area contributed by atoms with Gasteiger partial charge in [-0.25, -0.2) is 9.80 Å². The number of anilines is 1. The molecule has 0 bridgehead atoms. The summed E-state index contributed by atoms with van der Waals surface area (Å²) in [4.78, 5) is 36.6. The smallest absolute Gasteiger partial charge is 0.337 e. The van der Waals surface area contributed by atoms with E-state index in [4.69, 9.17) is 4.42 Å². The maximum absolute atomic E-state index is 12.7. The Balaban J connectivity index is 1.57. The lowest BCUT2D eigenvalue weighted by atomic mass is 10.1. The minimum Gasteiger partial charge on any atom is -0.465 e. The summed E-state index contributed by atoms with van der Waals surface area (Å²) in [5.74, 6) is -0.518. The van der Waals surface area contributed by atoms with Gasteiger partial charge in [-0.2, -0.15) is 0 Å². The van der Waals surface area contributed by atoms with Crippen molar-refractivity contribution in [3.05, 3.63) is 82.0 Å². The van der Waals surface area contributed by atoms with Crippen LogP contribution in [0.4, 0.5) is 5.69 Å². The Bertz CT molecular complexity index is 1180. The van der Waals surface area contributed by atoms with Gasteiger partial charge in [0.2, 0.25) is 0 Å². The molecule has 1 aliphatic rings. The molecule has 1 saturated heterocycles. The Labute approximate surface area is 180 Å². The molecule has 3 aromatic rings. The minimum atomic E-state index is -0.514. The third-order valence-electron chi connectivity index (χ3n) is 4.46. The van der Waals surface area contributed by atoms with Crippen LogP contribution in [0.5, 0.6) is 0 Å². The number of nitrogens with zero attached hydrogens (tertiary/aromatic N) is 1. The number of hydrazine groups is 1. The summed E-state index contributed by atoms with van der Waals surface area (Å²) in [6.07, 6.45) is 1.40. The molecule has 1 aromatic heterocycles. The molecule has 0 atom stereocenters. The lowest BCUT2D eigenvalue weighted by Crippen LogP contribution is -2.35. The fourth-order valence-electron chi connectivity index (χ4n) is 2.97. The van der Waals surface area contributed by atoms with Crippen LogP contribution in [0.2, 0.25) is 0 Å². The number of benzene rings is 2. The van der Waals surface area contributed by atoms with E-state index in [-0.39, 0.29) is 5.57 Å². The van der Waals surface area contributed by atoms with Gasteiger partial charge in [0, 0.05) is 10.0 Å². The number of amides is 2. The molecule has 2 amide bonds. The molecule has 0 aliphatic carbocycles. The Morgan fingerprint density at radius 1 is 1.10 bits per heavy atom. The molecule has 1 fully saturated rings. The largest absolute Gasteiger partial charge is 0.465 e. The van der Waals surface area contributed by atoms with Crippen molar-refractivity contribution in [3.8, 4) is 11.3 Å². The van der Waals surface area contributed by atoms with Gasteiger partial charge >= 0.3 is 5.97 Å². The Morgan fingerprint density at radius 3 is 2.57 bits per heavy atom. The minimum absolute atomic E-state index is 0.0306. The van der Waals surface area contributed by atoms with Gasteiger partial charge in [-0.3, -0.25) is 15.0 Å². The van der Waals surface area contributed by atoms with Crippen LogP contribution in [0.15, 0.2) is 75.1 Å². The normalized spacial score (nSPS) is 14.9. The highest BCUT2D eigenvalue weighted by atomic mass is 79.9. The summed E-state index contributed by atoms with van der Waals surface area (Å²) < 4.78 is 11.2. The second-order valence-electron chi connectivity index (χ2n) is 6.39. The number of carbonyl (C=O) groups excluding carboxylic acids is 3. The molecular weight excluding hydrogens is 452 g/mol. The molecule has 30 heavy (non-hydrogen) atoms. The number of esters is 1. The zero-order valence-electron chi connectivity index (χ0n) is 15.7. The highest BCUT2D eigenvalue weighted by molar-refractivity contribution is 9.10. The summed E-state index contributed by atoms with van der Waals surface area (Å²) in [7, 11) is 1.32. The third-order valence-corrected chi connectivity index (χ3v) is 4.96. The number of rotatable bonds is 4. The van der Waals surface area contributed by atoms with Gasteiger partial charge in [-0.1, -0.05) is 34.1 Å². The van der Waals surface area contributed by atoms with E-state index in [1.807, 2.05) is 6.07 Å². The first-order valence-electron chi connectivity index (χ1n) is 8.87. The maximum atomic E-state index is 12.7. The lowest BCUT2D eigenvalue weighted by molar-refractivity contribution is -0.117. The van der Waals surface area contributed by atoms with Crippen molar-refractivity contribution in [2.24, 2.45) is 0 Å². The van der Waals surface area contributed by atoms with Gasteiger partial charge in [0.1, 0.15) is 17.1 Å². The molecule has 2 aromatic carbocycles.